The Labute approximate surface area is 115 Å². The summed E-state index contributed by atoms with van der Waals surface area (Å²) in [5.74, 6) is 0.685. The maximum Gasteiger partial charge on any atom is 0.102 e. The monoisotopic (exact) mass is 258 g/mol. The highest BCUT2D eigenvalue weighted by Gasteiger charge is 2.18. The number of aryl methyl sites for hydroxylation is 1. The van der Waals surface area contributed by atoms with Crippen LogP contribution >= 0.6 is 0 Å². The van der Waals surface area contributed by atoms with Crippen LogP contribution in [0.15, 0.2) is 18.2 Å². The maximum absolute atomic E-state index is 10.1. The molecule has 0 amide bonds. The lowest BCUT2D eigenvalue weighted by Crippen LogP contribution is -2.22. The molecular formula is C16H22N2O. The van der Waals surface area contributed by atoms with Crippen molar-refractivity contribution >= 4 is 5.69 Å². The zero-order chi connectivity index (χ0) is 13.7. The van der Waals surface area contributed by atoms with Crippen molar-refractivity contribution in [2.45, 2.75) is 45.1 Å². The number of anilines is 1. The summed E-state index contributed by atoms with van der Waals surface area (Å²) in [4.78, 5) is 0. The number of aliphatic hydroxyl groups is 1. The van der Waals surface area contributed by atoms with E-state index in [1.165, 1.54) is 25.7 Å². The number of nitrogens with zero attached hydrogens (tertiary/aromatic N) is 1. The molecule has 3 nitrogen and oxygen atoms in total. The number of benzene rings is 1. The number of nitriles is 1. The Morgan fingerprint density at radius 3 is 2.84 bits per heavy atom. The summed E-state index contributed by atoms with van der Waals surface area (Å²) >= 11 is 0. The zero-order valence-corrected chi connectivity index (χ0v) is 11.5. The van der Waals surface area contributed by atoms with Gasteiger partial charge in [-0.05, 0) is 30.9 Å². The lowest BCUT2D eigenvalue weighted by Gasteiger charge is -2.17. The first kappa shape index (κ1) is 13.9. The summed E-state index contributed by atoms with van der Waals surface area (Å²) in [6, 6.07) is 7.97. The van der Waals surface area contributed by atoms with E-state index in [-0.39, 0.29) is 6.10 Å². The molecule has 0 saturated heterocycles. The van der Waals surface area contributed by atoms with E-state index < -0.39 is 0 Å². The predicted molar refractivity (Wildman–Crippen MR) is 77.0 cm³/mol. The summed E-state index contributed by atoms with van der Waals surface area (Å²) in [5, 5.41) is 22.4. The smallest absolute Gasteiger partial charge is 0.102 e. The molecule has 0 aromatic heterocycles. The molecule has 0 heterocycles. The van der Waals surface area contributed by atoms with Crippen LogP contribution in [0.25, 0.3) is 0 Å². The van der Waals surface area contributed by atoms with Crippen LogP contribution in [0.4, 0.5) is 5.69 Å². The van der Waals surface area contributed by atoms with Crippen molar-refractivity contribution in [3.8, 4) is 6.07 Å². The second-order valence-electron chi connectivity index (χ2n) is 5.53. The highest BCUT2D eigenvalue weighted by Crippen LogP contribution is 2.28. The van der Waals surface area contributed by atoms with Crippen molar-refractivity contribution < 1.29 is 5.11 Å². The standard InChI is InChI=1S/C16H22N2O/c1-12-5-4-8-16(15(12)10-17)18-11-14(19)9-13-6-2-3-7-13/h4-5,8,13-14,18-19H,2-3,6-7,9,11H2,1H3. The van der Waals surface area contributed by atoms with Gasteiger partial charge in [0.1, 0.15) is 6.07 Å². The molecule has 1 aromatic rings. The molecule has 1 fully saturated rings. The third-order valence-corrected chi connectivity index (χ3v) is 3.99. The number of hydrogen-bond acceptors (Lipinski definition) is 3. The summed E-state index contributed by atoms with van der Waals surface area (Å²) in [6.07, 6.45) is 5.68. The van der Waals surface area contributed by atoms with Gasteiger partial charge in [0.15, 0.2) is 0 Å². The molecule has 2 N–H and O–H groups in total. The van der Waals surface area contributed by atoms with Gasteiger partial charge >= 0.3 is 0 Å². The molecule has 1 unspecified atom stereocenters. The minimum atomic E-state index is -0.324. The molecule has 0 radical (unpaired) electrons. The van der Waals surface area contributed by atoms with E-state index in [0.29, 0.717) is 18.0 Å². The quantitative estimate of drug-likeness (QED) is 0.852. The van der Waals surface area contributed by atoms with Gasteiger partial charge in [-0.1, -0.05) is 37.8 Å². The largest absolute Gasteiger partial charge is 0.391 e. The summed E-state index contributed by atoms with van der Waals surface area (Å²) < 4.78 is 0. The molecule has 0 spiro atoms. The molecule has 1 saturated carbocycles. The van der Waals surface area contributed by atoms with Gasteiger partial charge in [0.05, 0.1) is 17.4 Å². The Bertz CT molecular complexity index is 458. The molecule has 1 aliphatic carbocycles. The molecule has 19 heavy (non-hydrogen) atoms. The van der Waals surface area contributed by atoms with Crippen LogP contribution in [0.5, 0.6) is 0 Å². The van der Waals surface area contributed by atoms with Crippen molar-refractivity contribution in [2.75, 3.05) is 11.9 Å². The van der Waals surface area contributed by atoms with E-state index in [1.54, 1.807) is 0 Å². The molecule has 3 heteroatoms. The van der Waals surface area contributed by atoms with E-state index in [9.17, 15) is 5.11 Å². The third-order valence-electron chi connectivity index (χ3n) is 3.99. The molecular weight excluding hydrogens is 236 g/mol. The molecule has 2 rings (SSSR count). The SMILES string of the molecule is Cc1cccc(NCC(O)CC2CCCC2)c1C#N. The molecule has 1 aromatic carbocycles. The van der Waals surface area contributed by atoms with Gasteiger partial charge in [0.25, 0.3) is 0 Å². The predicted octanol–water partition coefficient (Wildman–Crippen LogP) is 3.22. The average molecular weight is 258 g/mol. The van der Waals surface area contributed by atoms with Crippen molar-refractivity contribution in [1.29, 1.82) is 5.26 Å². The Hall–Kier alpha value is -1.53. The van der Waals surface area contributed by atoms with E-state index in [0.717, 1.165) is 17.7 Å². The number of aliphatic hydroxyl groups excluding tert-OH is 1. The van der Waals surface area contributed by atoms with E-state index in [4.69, 9.17) is 5.26 Å². The first-order valence-corrected chi connectivity index (χ1v) is 7.12. The topological polar surface area (TPSA) is 56.0 Å². The van der Waals surface area contributed by atoms with Crippen molar-refractivity contribution in [3.63, 3.8) is 0 Å². The average Bonchev–Trinajstić information content (AvgIpc) is 2.89. The lowest BCUT2D eigenvalue weighted by molar-refractivity contribution is 0.155. The molecule has 0 bridgehead atoms. The molecule has 1 atom stereocenters. The van der Waals surface area contributed by atoms with Gasteiger partial charge in [0, 0.05) is 6.54 Å². The minimum Gasteiger partial charge on any atom is -0.391 e. The van der Waals surface area contributed by atoms with Crippen LogP contribution in [0.2, 0.25) is 0 Å². The summed E-state index contributed by atoms with van der Waals surface area (Å²) in [5.41, 5.74) is 2.47. The Morgan fingerprint density at radius 1 is 1.42 bits per heavy atom. The second kappa shape index (κ2) is 6.58. The number of hydrogen-bond donors (Lipinski definition) is 2. The van der Waals surface area contributed by atoms with Gasteiger partial charge in [0.2, 0.25) is 0 Å². The van der Waals surface area contributed by atoms with E-state index >= 15 is 0 Å². The fourth-order valence-electron chi connectivity index (χ4n) is 2.91. The van der Waals surface area contributed by atoms with Gasteiger partial charge in [-0.3, -0.25) is 0 Å². The molecule has 1 aliphatic rings. The zero-order valence-electron chi connectivity index (χ0n) is 11.5. The molecule has 102 valence electrons. The maximum atomic E-state index is 10.1. The van der Waals surface area contributed by atoms with Crippen LogP contribution in [-0.4, -0.2) is 17.8 Å². The second-order valence-corrected chi connectivity index (χ2v) is 5.53. The van der Waals surface area contributed by atoms with Crippen molar-refractivity contribution in [2.24, 2.45) is 5.92 Å². The summed E-state index contributed by atoms with van der Waals surface area (Å²) in [7, 11) is 0. The van der Waals surface area contributed by atoms with Crippen LogP contribution in [0.3, 0.4) is 0 Å². The Balaban J connectivity index is 1.88. The first-order chi connectivity index (χ1) is 9.20. The summed E-state index contributed by atoms with van der Waals surface area (Å²) in [6.45, 7) is 2.45. The van der Waals surface area contributed by atoms with Crippen LogP contribution in [0.1, 0.15) is 43.2 Å². The van der Waals surface area contributed by atoms with Crippen LogP contribution in [0, 0.1) is 24.2 Å². The highest BCUT2D eigenvalue weighted by atomic mass is 16.3. The fraction of sp³-hybridized carbons (Fsp3) is 0.562. The van der Waals surface area contributed by atoms with Gasteiger partial charge in [-0.2, -0.15) is 5.26 Å². The Morgan fingerprint density at radius 2 is 2.16 bits per heavy atom. The lowest BCUT2D eigenvalue weighted by atomic mass is 10.00. The van der Waals surface area contributed by atoms with E-state index in [1.807, 2.05) is 25.1 Å². The first-order valence-electron chi connectivity index (χ1n) is 7.12. The highest BCUT2D eigenvalue weighted by molar-refractivity contribution is 5.60. The number of nitrogens with one attached hydrogen (secondary N) is 1. The minimum absolute atomic E-state index is 0.324. The van der Waals surface area contributed by atoms with Gasteiger partial charge in [-0.25, -0.2) is 0 Å². The van der Waals surface area contributed by atoms with Crippen molar-refractivity contribution in [1.82, 2.24) is 0 Å². The van der Waals surface area contributed by atoms with Gasteiger partial charge < -0.3 is 10.4 Å². The van der Waals surface area contributed by atoms with Crippen LogP contribution < -0.4 is 5.32 Å². The van der Waals surface area contributed by atoms with Crippen LogP contribution in [-0.2, 0) is 0 Å². The van der Waals surface area contributed by atoms with E-state index in [2.05, 4.69) is 11.4 Å². The fourth-order valence-corrected chi connectivity index (χ4v) is 2.91. The third kappa shape index (κ3) is 3.71. The van der Waals surface area contributed by atoms with Gasteiger partial charge in [-0.15, -0.1) is 0 Å². The normalized spacial score (nSPS) is 17.1. The Kier molecular flexibility index (Phi) is 4.81. The molecule has 0 aliphatic heterocycles. The number of rotatable bonds is 5. The van der Waals surface area contributed by atoms with Crippen molar-refractivity contribution in [3.05, 3.63) is 29.3 Å².